The summed E-state index contributed by atoms with van der Waals surface area (Å²) in [4.78, 5) is 35.6. The molecule has 57 heavy (non-hydrogen) atoms. The number of rotatable bonds is 37. The Morgan fingerprint density at radius 2 is 0.895 bits per heavy atom. The highest BCUT2D eigenvalue weighted by molar-refractivity contribution is 7.47. The molecule has 0 amide bonds. The van der Waals surface area contributed by atoms with Crippen molar-refractivity contribution in [3.63, 3.8) is 0 Å². The fourth-order valence-electron chi connectivity index (χ4n) is 6.93. The average molecular weight is 837 g/mol. The molecule has 1 saturated carbocycles. The van der Waals surface area contributed by atoms with Crippen LogP contribution >= 0.6 is 7.82 Å². The molecule has 1 aliphatic rings. The van der Waals surface area contributed by atoms with Gasteiger partial charge in [-0.05, 0) is 38.5 Å². The summed E-state index contributed by atoms with van der Waals surface area (Å²) in [5.41, 5.74) is 0. The molecule has 336 valence electrons. The lowest BCUT2D eigenvalue weighted by Crippen LogP contribution is -2.64. The minimum Gasteiger partial charge on any atom is -0.462 e. The summed E-state index contributed by atoms with van der Waals surface area (Å²) in [5, 5.41) is 50.1. The van der Waals surface area contributed by atoms with E-state index in [4.69, 9.17) is 18.5 Å². The van der Waals surface area contributed by atoms with E-state index >= 15 is 0 Å². The second-order valence-electron chi connectivity index (χ2n) is 15.9. The third-order valence-electron chi connectivity index (χ3n) is 10.6. The first-order chi connectivity index (χ1) is 27.4. The highest BCUT2D eigenvalue weighted by Crippen LogP contribution is 2.47. The lowest BCUT2D eigenvalue weighted by Gasteiger charge is -2.41. The molecule has 13 nitrogen and oxygen atoms in total. The van der Waals surface area contributed by atoms with Crippen molar-refractivity contribution in [1.82, 2.24) is 0 Å². The van der Waals surface area contributed by atoms with Crippen LogP contribution in [0.1, 0.15) is 194 Å². The summed E-state index contributed by atoms with van der Waals surface area (Å²) in [6, 6.07) is 0. The van der Waals surface area contributed by atoms with Gasteiger partial charge in [0.25, 0.3) is 0 Å². The third-order valence-corrected chi connectivity index (χ3v) is 11.6. The maximum Gasteiger partial charge on any atom is 0.472 e. The molecule has 1 rings (SSSR count). The number of aliphatic hydroxyl groups excluding tert-OH is 5. The Morgan fingerprint density at radius 3 is 1.35 bits per heavy atom. The number of carbonyl (C=O) groups is 2. The van der Waals surface area contributed by atoms with Gasteiger partial charge in [0.05, 0.1) is 6.61 Å². The first kappa shape index (κ1) is 53.6. The fraction of sp³-hybridized carbons (Fsp3) is 0.907. The number of carbonyl (C=O) groups excluding carboxylic acids is 2. The van der Waals surface area contributed by atoms with Gasteiger partial charge in [0.2, 0.25) is 0 Å². The minimum atomic E-state index is -5.11. The van der Waals surface area contributed by atoms with E-state index in [0.29, 0.717) is 12.8 Å². The van der Waals surface area contributed by atoms with E-state index in [1.165, 1.54) is 96.3 Å². The van der Waals surface area contributed by atoms with Gasteiger partial charge < -0.3 is 39.9 Å². The maximum atomic E-state index is 12.8. The number of unbranched alkanes of at least 4 members (excludes halogenated alkanes) is 23. The molecule has 0 saturated heterocycles. The van der Waals surface area contributed by atoms with E-state index < -0.39 is 75.7 Å². The quantitative estimate of drug-likeness (QED) is 0.0151. The van der Waals surface area contributed by atoms with Gasteiger partial charge in [0.15, 0.2) is 6.10 Å². The molecule has 6 unspecified atom stereocenters. The van der Waals surface area contributed by atoms with Crippen LogP contribution in [0.3, 0.4) is 0 Å². The SMILES string of the molecule is CCCCCCC=CCCCCCCCCCC(=O)O[C@H](COC(=O)CCCCCCCCCCCCCCC)COP(=O)(O)OC1C(O)C(O)C(O)[C@@H](O)C1O. The Hall–Kier alpha value is -1.41. The summed E-state index contributed by atoms with van der Waals surface area (Å²) in [6.45, 7) is 3.28. The van der Waals surface area contributed by atoms with Crippen LogP contribution in [0.5, 0.6) is 0 Å². The van der Waals surface area contributed by atoms with E-state index in [1.807, 2.05) is 0 Å². The standard InChI is InChI=1S/C43H81O13P/c1-3-5-7-9-11-13-15-17-18-20-22-24-26-28-30-32-37(45)55-35(34-54-57(51,52)56-43-41(49)39(47)38(46)40(48)42(43)50)33-53-36(44)31-29-27-25-23-21-19-16-14-12-10-8-6-4-2/h13,15,35,38-43,46-50H,3-12,14,16-34H2,1-2H3,(H,51,52)/t35-,38?,39-,40?,41?,42?,43?/m1/s1. The zero-order chi connectivity index (χ0) is 42.2. The Labute approximate surface area is 343 Å². The Balaban J connectivity index is 2.47. The van der Waals surface area contributed by atoms with Crippen LogP contribution in [0.15, 0.2) is 12.2 Å². The van der Waals surface area contributed by atoms with Crippen LogP contribution in [0.4, 0.5) is 0 Å². The molecule has 0 heterocycles. The van der Waals surface area contributed by atoms with E-state index in [9.17, 15) is 44.6 Å². The van der Waals surface area contributed by atoms with E-state index in [2.05, 4.69) is 26.0 Å². The largest absolute Gasteiger partial charge is 0.472 e. The van der Waals surface area contributed by atoms with Gasteiger partial charge in [-0.2, -0.15) is 0 Å². The predicted octanol–water partition coefficient (Wildman–Crippen LogP) is 8.28. The summed E-state index contributed by atoms with van der Waals surface area (Å²) >= 11 is 0. The molecule has 0 aromatic carbocycles. The molecule has 8 atom stereocenters. The van der Waals surface area contributed by atoms with Gasteiger partial charge in [-0.3, -0.25) is 18.6 Å². The molecule has 1 fully saturated rings. The number of ether oxygens (including phenoxy) is 2. The number of hydrogen-bond donors (Lipinski definition) is 6. The predicted molar refractivity (Wildman–Crippen MR) is 221 cm³/mol. The number of allylic oxidation sites excluding steroid dienone is 2. The Kier molecular flexibility index (Phi) is 32.3. The van der Waals surface area contributed by atoms with Gasteiger partial charge in [-0.1, -0.05) is 154 Å². The number of esters is 2. The fourth-order valence-corrected chi connectivity index (χ4v) is 7.90. The van der Waals surface area contributed by atoms with Crippen molar-refractivity contribution < 1.29 is 63.1 Å². The zero-order valence-electron chi connectivity index (χ0n) is 35.4. The first-order valence-corrected chi connectivity index (χ1v) is 24.0. The number of hydrogen-bond acceptors (Lipinski definition) is 12. The second-order valence-corrected chi connectivity index (χ2v) is 17.3. The highest BCUT2D eigenvalue weighted by Gasteiger charge is 2.51. The molecule has 1 aliphatic carbocycles. The molecule has 14 heteroatoms. The van der Waals surface area contributed by atoms with Crippen LogP contribution in [-0.4, -0.2) is 98.3 Å². The Bertz CT molecular complexity index is 1060. The number of aliphatic hydroxyl groups is 5. The molecule has 0 aromatic heterocycles. The minimum absolute atomic E-state index is 0.0955. The zero-order valence-corrected chi connectivity index (χ0v) is 36.3. The topological polar surface area (TPSA) is 210 Å². The van der Waals surface area contributed by atoms with Crippen LogP contribution < -0.4 is 0 Å². The van der Waals surface area contributed by atoms with Crippen molar-refractivity contribution in [2.75, 3.05) is 13.2 Å². The summed E-state index contributed by atoms with van der Waals surface area (Å²) in [7, 11) is -5.11. The van der Waals surface area contributed by atoms with Gasteiger partial charge in [-0.15, -0.1) is 0 Å². The number of phosphoric ester groups is 1. The summed E-state index contributed by atoms with van der Waals surface area (Å²) < 4.78 is 33.5. The van der Waals surface area contributed by atoms with Crippen molar-refractivity contribution in [1.29, 1.82) is 0 Å². The molecule has 0 aliphatic heterocycles. The normalized spacial score (nSPS) is 22.7. The van der Waals surface area contributed by atoms with E-state index in [1.54, 1.807) is 0 Å². The lowest BCUT2D eigenvalue weighted by molar-refractivity contribution is -0.220. The monoisotopic (exact) mass is 837 g/mol. The van der Waals surface area contributed by atoms with Crippen LogP contribution in [-0.2, 0) is 32.7 Å². The second kappa shape index (κ2) is 34.3. The molecule has 0 spiro atoms. The maximum absolute atomic E-state index is 12.8. The third kappa shape index (κ3) is 27.1. The first-order valence-electron chi connectivity index (χ1n) is 22.5. The molecule has 0 radical (unpaired) electrons. The van der Waals surface area contributed by atoms with Crippen molar-refractivity contribution in [3.8, 4) is 0 Å². The molecule has 0 bridgehead atoms. The van der Waals surface area contributed by atoms with Gasteiger partial charge >= 0.3 is 19.8 Å². The molecular formula is C43H81O13P. The molecule has 6 N–H and O–H groups in total. The summed E-state index contributed by atoms with van der Waals surface area (Å²) in [5.74, 6) is -1.10. The van der Waals surface area contributed by atoms with Crippen molar-refractivity contribution in [2.45, 2.75) is 236 Å². The number of phosphoric acid groups is 1. The van der Waals surface area contributed by atoms with Gasteiger partial charge in [0.1, 0.15) is 43.2 Å². The van der Waals surface area contributed by atoms with Gasteiger partial charge in [0, 0.05) is 12.8 Å². The lowest BCUT2D eigenvalue weighted by atomic mass is 9.85. The Morgan fingerprint density at radius 1 is 0.526 bits per heavy atom. The summed E-state index contributed by atoms with van der Waals surface area (Å²) in [6.07, 6.45) is 21.2. The van der Waals surface area contributed by atoms with Crippen molar-refractivity contribution in [2.24, 2.45) is 0 Å². The molecule has 0 aromatic rings. The van der Waals surface area contributed by atoms with Gasteiger partial charge in [-0.25, -0.2) is 4.57 Å². The molecular weight excluding hydrogens is 755 g/mol. The van der Waals surface area contributed by atoms with Crippen molar-refractivity contribution in [3.05, 3.63) is 12.2 Å². The van der Waals surface area contributed by atoms with Crippen LogP contribution in [0, 0.1) is 0 Å². The van der Waals surface area contributed by atoms with Crippen LogP contribution in [0.25, 0.3) is 0 Å². The van der Waals surface area contributed by atoms with Crippen LogP contribution in [0.2, 0.25) is 0 Å². The smallest absolute Gasteiger partial charge is 0.462 e. The van der Waals surface area contributed by atoms with Crippen molar-refractivity contribution >= 4 is 19.8 Å². The highest BCUT2D eigenvalue weighted by atomic mass is 31.2. The van der Waals surface area contributed by atoms with E-state index in [-0.39, 0.29) is 12.8 Å². The van der Waals surface area contributed by atoms with E-state index in [0.717, 1.165) is 57.8 Å². The average Bonchev–Trinajstić information content (AvgIpc) is 3.19.